The SMILES string of the molecule is CC[N+]1(c2ccc(OC)cc2)C=C(NC2CCCCC2)C=N1. The molecule has 1 aromatic rings. The quantitative estimate of drug-likeness (QED) is 0.840. The van der Waals surface area contributed by atoms with Crippen molar-refractivity contribution >= 4 is 11.9 Å². The number of allylic oxidation sites excluding steroid dienone is 1. The topological polar surface area (TPSA) is 33.6 Å². The second-order valence-electron chi connectivity index (χ2n) is 6.15. The van der Waals surface area contributed by atoms with Gasteiger partial charge in [-0.25, -0.2) is 0 Å². The lowest BCUT2D eigenvalue weighted by molar-refractivity contribution is 0.393. The molecule has 1 N–H and O–H groups in total. The van der Waals surface area contributed by atoms with E-state index in [-0.39, 0.29) is 0 Å². The molecular weight excluding hydrogens is 274 g/mol. The van der Waals surface area contributed by atoms with Gasteiger partial charge >= 0.3 is 0 Å². The zero-order chi connectivity index (χ0) is 15.4. The molecule has 2 aliphatic rings. The van der Waals surface area contributed by atoms with E-state index in [1.165, 1.54) is 37.8 Å². The molecule has 0 spiro atoms. The normalized spacial score (nSPS) is 25.1. The molecule has 1 aliphatic carbocycles. The van der Waals surface area contributed by atoms with Crippen LogP contribution in [0.3, 0.4) is 0 Å². The van der Waals surface area contributed by atoms with Crippen LogP contribution in [0.5, 0.6) is 5.75 Å². The first-order chi connectivity index (χ1) is 10.8. The van der Waals surface area contributed by atoms with Crippen LogP contribution in [0.4, 0.5) is 5.69 Å². The summed E-state index contributed by atoms with van der Waals surface area (Å²) in [7, 11) is 1.69. The summed E-state index contributed by atoms with van der Waals surface area (Å²) >= 11 is 0. The van der Waals surface area contributed by atoms with E-state index >= 15 is 0 Å². The molecule has 4 nitrogen and oxygen atoms in total. The van der Waals surface area contributed by atoms with E-state index < -0.39 is 0 Å². The second kappa shape index (κ2) is 6.53. The van der Waals surface area contributed by atoms with Crippen molar-refractivity contribution < 1.29 is 4.74 Å². The van der Waals surface area contributed by atoms with Gasteiger partial charge in [-0.05, 0) is 31.9 Å². The minimum Gasteiger partial charge on any atom is -0.497 e. The first kappa shape index (κ1) is 15.1. The lowest BCUT2D eigenvalue weighted by atomic mass is 9.95. The maximum Gasteiger partial charge on any atom is 0.164 e. The van der Waals surface area contributed by atoms with E-state index in [9.17, 15) is 0 Å². The Morgan fingerprint density at radius 1 is 1.18 bits per heavy atom. The van der Waals surface area contributed by atoms with E-state index in [0.29, 0.717) is 10.6 Å². The number of hydrogen-bond acceptors (Lipinski definition) is 3. The fourth-order valence-corrected chi connectivity index (χ4v) is 3.36. The van der Waals surface area contributed by atoms with Gasteiger partial charge in [-0.2, -0.15) is 0 Å². The molecule has 118 valence electrons. The minimum absolute atomic E-state index is 0.527. The molecule has 3 rings (SSSR count). The van der Waals surface area contributed by atoms with E-state index in [2.05, 4.69) is 30.6 Å². The molecule has 0 radical (unpaired) electrons. The lowest BCUT2D eigenvalue weighted by Crippen LogP contribution is -2.36. The molecule has 1 aliphatic heterocycles. The summed E-state index contributed by atoms with van der Waals surface area (Å²) in [5, 5.41) is 8.45. The fraction of sp³-hybridized carbons (Fsp3) is 0.500. The van der Waals surface area contributed by atoms with Gasteiger partial charge in [0, 0.05) is 18.2 Å². The van der Waals surface area contributed by atoms with Gasteiger partial charge in [0.1, 0.15) is 24.2 Å². The fourth-order valence-electron chi connectivity index (χ4n) is 3.36. The lowest BCUT2D eigenvalue weighted by Gasteiger charge is -2.25. The summed E-state index contributed by atoms with van der Waals surface area (Å²) in [6, 6.07) is 8.81. The largest absolute Gasteiger partial charge is 0.497 e. The Bertz CT molecular complexity index is 558. The van der Waals surface area contributed by atoms with Crippen molar-refractivity contribution in [3.05, 3.63) is 36.2 Å². The predicted octanol–water partition coefficient (Wildman–Crippen LogP) is 3.79. The van der Waals surface area contributed by atoms with E-state index in [1.54, 1.807) is 7.11 Å². The summed E-state index contributed by atoms with van der Waals surface area (Å²) in [5.74, 6) is 0.880. The number of nitrogens with one attached hydrogen (secondary N) is 1. The third kappa shape index (κ3) is 3.02. The highest BCUT2D eigenvalue weighted by Gasteiger charge is 2.32. The van der Waals surface area contributed by atoms with Gasteiger partial charge in [-0.3, -0.25) is 0 Å². The van der Waals surface area contributed by atoms with Crippen molar-refractivity contribution in [2.24, 2.45) is 5.10 Å². The minimum atomic E-state index is 0.527. The molecule has 0 saturated heterocycles. The molecule has 1 fully saturated rings. The number of methoxy groups -OCH3 is 1. The molecule has 1 atom stereocenters. The predicted molar refractivity (Wildman–Crippen MR) is 91.9 cm³/mol. The Morgan fingerprint density at radius 2 is 1.91 bits per heavy atom. The molecule has 0 bridgehead atoms. The van der Waals surface area contributed by atoms with Crippen LogP contribution in [0.15, 0.2) is 41.3 Å². The number of ether oxygens (including phenoxy) is 1. The van der Waals surface area contributed by atoms with Crippen LogP contribution in [0, 0.1) is 0 Å². The summed E-state index contributed by atoms with van der Waals surface area (Å²) in [5.41, 5.74) is 2.32. The van der Waals surface area contributed by atoms with Crippen molar-refractivity contribution in [1.29, 1.82) is 0 Å². The van der Waals surface area contributed by atoms with Crippen molar-refractivity contribution in [3.63, 3.8) is 0 Å². The van der Waals surface area contributed by atoms with Crippen LogP contribution in [0.2, 0.25) is 0 Å². The van der Waals surface area contributed by atoms with Crippen LogP contribution < -0.4 is 14.6 Å². The highest BCUT2D eigenvalue weighted by molar-refractivity contribution is 5.81. The molecule has 1 unspecified atom stereocenters. The maximum atomic E-state index is 5.25. The van der Waals surface area contributed by atoms with Gasteiger partial charge in [0.2, 0.25) is 0 Å². The average molecular weight is 300 g/mol. The Balaban J connectivity index is 1.77. The van der Waals surface area contributed by atoms with E-state index in [4.69, 9.17) is 9.84 Å². The van der Waals surface area contributed by atoms with Gasteiger partial charge < -0.3 is 10.1 Å². The van der Waals surface area contributed by atoms with Crippen LogP contribution in [-0.2, 0) is 0 Å². The van der Waals surface area contributed by atoms with Crippen molar-refractivity contribution in [2.45, 2.75) is 45.1 Å². The third-order valence-electron chi connectivity index (χ3n) is 4.73. The highest BCUT2D eigenvalue weighted by atomic mass is 16.5. The molecule has 1 aromatic carbocycles. The maximum absolute atomic E-state index is 5.25. The third-order valence-corrected chi connectivity index (χ3v) is 4.73. The van der Waals surface area contributed by atoms with Gasteiger partial charge in [-0.1, -0.05) is 24.4 Å². The zero-order valence-corrected chi connectivity index (χ0v) is 13.6. The van der Waals surface area contributed by atoms with Gasteiger partial charge in [-0.15, -0.1) is 4.59 Å². The molecule has 4 heteroatoms. The molecular formula is C18H26N3O+. The summed E-state index contributed by atoms with van der Waals surface area (Å²) in [4.78, 5) is 0. The molecule has 0 aromatic heterocycles. The summed E-state index contributed by atoms with van der Waals surface area (Å²) in [6.45, 7) is 3.07. The Hall–Kier alpha value is -1.81. The Labute approximate surface area is 133 Å². The zero-order valence-electron chi connectivity index (χ0n) is 13.6. The van der Waals surface area contributed by atoms with E-state index in [0.717, 1.165) is 18.0 Å². The summed E-state index contributed by atoms with van der Waals surface area (Å²) in [6.07, 6.45) is 10.8. The number of rotatable bonds is 5. The first-order valence-corrected chi connectivity index (χ1v) is 8.33. The second-order valence-corrected chi connectivity index (χ2v) is 6.15. The van der Waals surface area contributed by atoms with Crippen molar-refractivity contribution in [3.8, 4) is 5.75 Å². The Morgan fingerprint density at radius 3 is 2.55 bits per heavy atom. The van der Waals surface area contributed by atoms with Crippen LogP contribution >= 0.6 is 0 Å². The van der Waals surface area contributed by atoms with Crippen LogP contribution in [-0.4, -0.2) is 25.9 Å². The first-order valence-electron chi connectivity index (χ1n) is 8.33. The van der Waals surface area contributed by atoms with Gasteiger partial charge in [0.25, 0.3) is 0 Å². The molecule has 1 heterocycles. The average Bonchev–Trinajstić information content (AvgIpc) is 3.00. The summed E-state index contributed by atoms with van der Waals surface area (Å²) < 4.78 is 5.77. The number of hydrogen-bond donors (Lipinski definition) is 1. The molecule has 0 amide bonds. The van der Waals surface area contributed by atoms with Gasteiger partial charge in [0.05, 0.1) is 7.11 Å². The van der Waals surface area contributed by atoms with Crippen LogP contribution in [0.1, 0.15) is 39.0 Å². The van der Waals surface area contributed by atoms with Crippen LogP contribution in [0.25, 0.3) is 0 Å². The van der Waals surface area contributed by atoms with Gasteiger partial charge in [0.15, 0.2) is 11.9 Å². The van der Waals surface area contributed by atoms with Crippen molar-refractivity contribution in [2.75, 3.05) is 13.7 Å². The number of benzene rings is 1. The number of nitrogens with zero attached hydrogens (tertiary/aromatic N) is 2. The molecule has 1 saturated carbocycles. The Kier molecular flexibility index (Phi) is 4.48. The number of quaternary nitrogens is 1. The van der Waals surface area contributed by atoms with Crippen molar-refractivity contribution in [1.82, 2.24) is 9.91 Å². The molecule has 22 heavy (non-hydrogen) atoms. The highest BCUT2D eigenvalue weighted by Crippen LogP contribution is 2.30. The smallest absolute Gasteiger partial charge is 0.164 e. The standard InChI is InChI=1S/C18H26N3O/c1-3-21(17-9-11-18(22-2)12-10-17)14-16(13-19-21)20-15-7-5-4-6-8-15/h9-15,20H,3-8H2,1-2H3/q+1. The monoisotopic (exact) mass is 300 g/mol. The van der Waals surface area contributed by atoms with E-state index in [1.807, 2.05) is 18.3 Å².